The Hall–Kier alpha value is -2.77. The lowest BCUT2D eigenvalue weighted by Gasteiger charge is -2.32. The zero-order valence-corrected chi connectivity index (χ0v) is 17.4. The number of hydrogen-bond acceptors (Lipinski definition) is 5. The molecule has 160 valence electrons. The molecule has 1 fully saturated rings. The van der Waals surface area contributed by atoms with E-state index in [1.807, 2.05) is 30.3 Å². The number of alkyl carbamates (subject to hydrolysis) is 1. The van der Waals surface area contributed by atoms with Crippen LogP contribution in [-0.4, -0.2) is 61.2 Å². The molecule has 29 heavy (non-hydrogen) atoms. The third-order valence-electron chi connectivity index (χ3n) is 4.45. The van der Waals surface area contributed by atoms with E-state index in [1.54, 1.807) is 25.7 Å². The van der Waals surface area contributed by atoms with Crippen molar-refractivity contribution in [2.24, 2.45) is 5.92 Å². The predicted molar refractivity (Wildman–Crippen MR) is 108 cm³/mol. The van der Waals surface area contributed by atoms with Crippen molar-refractivity contribution in [3.63, 3.8) is 0 Å². The summed E-state index contributed by atoms with van der Waals surface area (Å²) in [4.78, 5) is 37.5. The minimum Gasteiger partial charge on any atom is -0.484 e. The maximum atomic E-state index is 12.3. The number of amides is 3. The molecule has 0 atom stereocenters. The predicted octanol–water partition coefficient (Wildman–Crippen LogP) is 1.94. The van der Waals surface area contributed by atoms with Gasteiger partial charge in [-0.3, -0.25) is 9.59 Å². The molecule has 0 saturated carbocycles. The van der Waals surface area contributed by atoms with E-state index in [1.165, 1.54) is 0 Å². The van der Waals surface area contributed by atoms with E-state index in [9.17, 15) is 14.4 Å². The molecule has 1 aromatic rings. The molecule has 0 aliphatic carbocycles. The van der Waals surface area contributed by atoms with Gasteiger partial charge in [-0.05, 0) is 51.7 Å². The molecule has 0 unspecified atom stereocenters. The molecule has 1 heterocycles. The van der Waals surface area contributed by atoms with Gasteiger partial charge in [0.25, 0.3) is 5.91 Å². The van der Waals surface area contributed by atoms with Crippen LogP contribution in [0.15, 0.2) is 30.3 Å². The van der Waals surface area contributed by atoms with Crippen LogP contribution in [0.2, 0.25) is 0 Å². The van der Waals surface area contributed by atoms with Gasteiger partial charge in [-0.1, -0.05) is 18.2 Å². The van der Waals surface area contributed by atoms with Crippen LogP contribution in [0.3, 0.4) is 0 Å². The van der Waals surface area contributed by atoms with Crippen LogP contribution in [0.4, 0.5) is 4.79 Å². The SMILES string of the molecule is CC(C)(C)OC(=O)NCC(=O)NCC1CCN(C(=O)COc2ccccc2)CC1. The van der Waals surface area contributed by atoms with Crippen molar-refractivity contribution >= 4 is 17.9 Å². The number of likely N-dealkylation sites (tertiary alicyclic amines) is 1. The molecule has 8 heteroatoms. The summed E-state index contributed by atoms with van der Waals surface area (Å²) in [5.41, 5.74) is -0.599. The van der Waals surface area contributed by atoms with E-state index < -0.39 is 11.7 Å². The number of carbonyl (C=O) groups excluding carboxylic acids is 3. The molecule has 1 aliphatic heterocycles. The first-order valence-electron chi connectivity index (χ1n) is 9.92. The van der Waals surface area contributed by atoms with Gasteiger partial charge in [0.15, 0.2) is 6.61 Å². The minimum absolute atomic E-state index is 0.0295. The van der Waals surface area contributed by atoms with Crippen LogP contribution < -0.4 is 15.4 Å². The van der Waals surface area contributed by atoms with Crippen LogP contribution in [0.25, 0.3) is 0 Å². The van der Waals surface area contributed by atoms with E-state index in [2.05, 4.69) is 10.6 Å². The van der Waals surface area contributed by atoms with Crippen molar-refractivity contribution in [2.45, 2.75) is 39.2 Å². The van der Waals surface area contributed by atoms with Crippen molar-refractivity contribution in [2.75, 3.05) is 32.8 Å². The number of rotatable bonds is 7. The summed E-state index contributed by atoms with van der Waals surface area (Å²) in [6.07, 6.45) is 1.02. The number of nitrogens with one attached hydrogen (secondary N) is 2. The molecule has 1 saturated heterocycles. The molecule has 0 aromatic heterocycles. The van der Waals surface area contributed by atoms with Gasteiger partial charge in [-0.15, -0.1) is 0 Å². The second-order valence-corrected chi connectivity index (χ2v) is 8.09. The molecule has 1 aromatic carbocycles. The second-order valence-electron chi connectivity index (χ2n) is 8.09. The summed E-state index contributed by atoms with van der Waals surface area (Å²) >= 11 is 0. The zero-order chi connectivity index (χ0) is 21.3. The van der Waals surface area contributed by atoms with Crippen LogP contribution in [0, 0.1) is 5.92 Å². The number of piperidine rings is 1. The van der Waals surface area contributed by atoms with Gasteiger partial charge in [-0.25, -0.2) is 4.79 Å². The summed E-state index contributed by atoms with van der Waals surface area (Å²) in [6.45, 7) is 7.01. The fraction of sp³-hybridized carbons (Fsp3) is 0.571. The van der Waals surface area contributed by atoms with E-state index in [4.69, 9.17) is 9.47 Å². The van der Waals surface area contributed by atoms with Crippen LogP contribution >= 0.6 is 0 Å². The smallest absolute Gasteiger partial charge is 0.408 e. The molecule has 3 amide bonds. The van der Waals surface area contributed by atoms with Gasteiger partial charge in [-0.2, -0.15) is 0 Å². The average molecular weight is 405 g/mol. The zero-order valence-electron chi connectivity index (χ0n) is 17.4. The first-order chi connectivity index (χ1) is 13.7. The molecule has 1 aliphatic rings. The van der Waals surface area contributed by atoms with Gasteiger partial charge in [0, 0.05) is 19.6 Å². The fourth-order valence-electron chi connectivity index (χ4n) is 2.93. The number of nitrogens with zero attached hydrogens (tertiary/aromatic N) is 1. The van der Waals surface area contributed by atoms with Crippen molar-refractivity contribution < 1.29 is 23.9 Å². The third-order valence-corrected chi connectivity index (χ3v) is 4.45. The van der Waals surface area contributed by atoms with Crippen molar-refractivity contribution in [3.8, 4) is 5.75 Å². The number of hydrogen-bond donors (Lipinski definition) is 2. The lowest BCUT2D eigenvalue weighted by atomic mass is 9.97. The topological polar surface area (TPSA) is 97.0 Å². The first-order valence-corrected chi connectivity index (χ1v) is 9.92. The lowest BCUT2D eigenvalue weighted by Crippen LogP contribution is -2.45. The van der Waals surface area contributed by atoms with Gasteiger partial charge < -0.3 is 25.0 Å². The normalized spacial score (nSPS) is 14.8. The summed E-state index contributed by atoms with van der Waals surface area (Å²) in [5.74, 6) is 0.696. The molecular weight excluding hydrogens is 374 g/mol. The number of carbonyl (C=O) groups is 3. The highest BCUT2D eigenvalue weighted by Gasteiger charge is 2.23. The largest absolute Gasteiger partial charge is 0.484 e. The Morgan fingerprint density at radius 2 is 1.72 bits per heavy atom. The lowest BCUT2D eigenvalue weighted by molar-refractivity contribution is -0.135. The fourth-order valence-corrected chi connectivity index (χ4v) is 2.93. The number of para-hydroxylation sites is 1. The monoisotopic (exact) mass is 405 g/mol. The summed E-state index contributed by atoms with van der Waals surface area (Å²) in [6, 6.07) is 9.26. The van der Waals surface area contributed by atoms with Crippen LogP contribution in [-0.2, 0) is 14.3 Å². The minimum atomic E-state index is -0.614. The van der Waals surface area contributed by atoms with Crippen LogP contribution in [0.1, 0.15) is 33.6 Å². The molecule has 2 N–H and O–H groups in total. The third kappa shape index (κ3) is 8.85. The van der Waals surface area contributed by atoms with E-state index in [0.29, 0.717) is 31.3 Å². The average Bonchev–Trinajstić information content (AvgIpc) is 2.69. The van der Waals surface area contributed by atoms with Crippen LogP contribution in [0.5, 0.6) is 5.75 Å². The molecule has 0 bridgehead atoms. The highest BCUT2D eigenvalue weighted by atomic mass is 16.6. The molecule has 0 radical (unpaired) electrons. The molecule has 0 spiro atoms. The maximum absolute atomic E-state index is 12.3. The van der Waals surface area contributed by atoms with Gasteiger partial charge in [0.2, 0.25) is 5.91 Å². The van der Waals surface area contributed by atoms with Gasteiger partial charge in [0.1, 0.15) is 11.4 Å². The van der Waals surface area contributed by atoms with Crippen molar-refractivity contribution in [1.82, 2.24) is 15.5 Å². The quantitative estimate of drug-likeness (QED) is 0.723. The van der Waals surface area contributed by atoms with Crippen molar-refractivity contribution in [3.05, 3.63) is 30.3 Å². The van der Waals surface area contributed by atoms with Crippen molar-refractivity contribution in [1.29, 1.82) is 0 Å². The first kappa shape index (κ1) is 22.5. The number of benzene rings is 1. The summed E-state index contributed by atoms with van der Waals surface area (Å²) < 4.78 is 10.6. The molecule has 8 nitrogen and oxygen atoms in total. The maximum Gasteiger partial charge on any atom is 0.408 e. The number of ether oxygens (including phenoxy) is 2. The highest BCUT2D eigenvalue weighted by molar-refractivity contribution is 5.82. The summed E-state index contributed by atoms with van der Waals surface area (Å²) in [7, 11) is 0. The molecular formula is C21H31N3O5. The Balaban J connectivity index is 1.59. The Kier molecular flexibility index (Phi) is 8.30. The van der Waals surface area contributed by atoms with E-state index in [0.717, 1.165) is 12.8 Å². The highest BCUT2D eigenvalue weighted by Crippen LogP contribution is 2.17. The van der Waals surface area contributed by atoms with Gasteiger partial charge in [0.05, 0.1) is 6.54 Å². The van der Waals surface area contributed by atoms with E-state index >= 15 is 0 Å². The van der Waals surface area contributed by atoms with E-state index in [-0.39, 0.29) is 25.0 Å². The molecule has 2 rings (SSSR count). The Morgan fingerprint density at radius 3 is 2.34 bits per heavy atom. The second kappa shape index (κ2) is 10.7. The van der Waals surface area contributed by atoms with Gasteiger partial charge >= 0.3 is 6.09 Å². The summed E-state index contributed by atoms with van der Waals surface area (Å²) in [5, 5.41) is 5.26. The Labute approximate surface area is 171 Å². The standard InChI is InChI=1S/C21H31N3O5/c1-21(2,3)29-20(27)23-14-18(25)22-13-16-9-11-24(12-10-16)19(26)15-28-17-7-5-4-6-8-17/h4-8,16H,9-15H2,1-3H3,(H,22,25)(H,23,27). The Morgan fingerprint density at radius 1 is 1.07 bits per heavy atom. The Bertz CT molecular complexity index is 679.